The molecule has 2 atom stereocenters. The summed E-state index contributed by atoms with van der Waals surface area (Å²) in [6.07, 6.45) is 11.8. The third kappa shape index (κ3) is 3.41. The summed E-state index contributed by atoms with van der Waals surface area (Å²) in [5.41, 5.74) is 0. The molecule has 1 amide bonds. The zero-order valence-corrected chi connectivity index (χ0v) is 12.3. The van der Waals surface area contributed by atoms with E-state index in [1.54, 1.807) is 0 Å². The van der Waals surface area contributed by atoms with E-state index >= 15 is 0 Å². The highest BCUT2D eigenvalue weighted by Crippen LogP contribution is 2.30. The number of carbonyl (C=O) groups excluding carboxylic acids is 1. The number of nitrogens with zero attached hydrogens (tertiary/aromatic N) is 1. The predicted octanol–water partition coefficient (Wildman–Crippen LogP) is 2.83. The molecule has 0 aromatic carbocycles. The van der Waals surface area contributed by atoms with Gasteiger partial charge in [0.15, 0.2) is 0 Å². The molecule has 2 unspecified atom stereocenters. The molecule has 0 aromatic rings. The quantitative estimate of drug-likeness (QED) is 0.638. The molecule has 0 aliphatic heterocycles. The normalized spacial score (nSPS) is 27.9. The fourth-order valence-corrected chi connectivity index (χ4v) is 3.45. The zero-order valence-electron chi connectivity index (χ0n) is 12.3. The lowest BCUT2D eigenvalue weighted by atomic mass is 9.82. The van der Waals surface area contributed by atoms with E-state index in [1.165, 1.54) is 25.7 Å². The summed E-state index contributed by atoms with van der Waals surface area (Å²) < 4.78 is 0. The molecule has 1 fully saturated rings. The van der Waals surface area contributed by atoms with Crippen molar-refractivity contribution >= 4 is 11.9 Å². The first kappa shape index (κ1) is 15.1. The van der Waals surface area contributed by atoms with Crippen LogP contribution in [0.3, 0.4) is 0 Å². The molecule has 2 rings (SSSR count). The summed E-state index contributed by atoms with van der Waals surface area (Å²) in [5, 5.41) is 9.29. The van der Waals surface area contributed by atoms with Gasteiger partial charge in [-0.25, -0.2) is 0 Å². The van der Waals surface area contributed by atoms with Crippen molar-refractivity contribution in [3.05, 3.63) is 12.2 Å². The average Bonchev–Trinajstić information content (AvgIpc) is 2.74. The van der Waals surface area contributed by atoms with E-state index in [4.69, 9.17) is 0 Å². The van der Waals surface area contributed by atoms with Gasteiger partial charge in [-0.05, 0) is 25.7 Å². The van der Waals surface area contributed by atoms with E-state index < -0.39 is 11.9 Å². The maximum atomic E-state index is 12.7. The number of rotatable bonds is 3. The minimum absolute atomic E-state index is 0.0219. The van der Waals surface area contributed by atoms with Crippen LogP contribution in [0.2, 0.25) is 0 Å². The van der Waals surface area contributed by atoms with Crippen LogP contribution >= 0.6 is 0 Å². The number of amides is 1. The molecule has 20 heavy (non-hydrogen) atoms. The highest BCUT2D eigenvalue weighted by Gasteiger charge is 2.37. The fraction of sp³-hybridized carbons (Fsp3) is 0.750. The second kappa shape index (κ2) is 6.91. The molecule has 0 spiro atoms. The summed E-state index contributed by atoms with van der Waals surface area (Å²) in [6.45, 7) is 0. The van der Waals surface area contributed by atoms with E-state index in [9.17, 15) is 14.7 Å². The number of allylic oxidation sites excluding steroid dienone is 2. The summed E-state index contributed by atoms with van der Waals surface area (Å²) in [7, 11) is 1.86. The van der Waals surface area contributed by atoms with Crippen LogP contribution in [0.1, 0.15) is 51.4 Å². The van der Waals surface area contributed by atoms with E-state index in [2.05, 4.69) is 0 Å². The summed E-state index contributed by atoms with van der Waals surface area (Å²) in [4.78, 5) is 25.8. The van der Waals surface area contributed by atoms with Crippen LogP contribution in [-0.4, -0.2) is 35.0 Å². The van der Waals surface area contributed by atoms with Gasteiger partial charge in [0.05, 0.1) is 11.8 Å². The number of hydrogen-bond donors (Lipinski definition) is 1. The maximum Gasteiger partial charge on any atom is 0.307 e. The van der Waals surface area contributed by atoms with Gasteiger partial charge < -0.3 is 10.0 Å². The van der Waals surface area contributed by atoms with Crippen LogP contribution in [0.25, 0.3) is 0 Å². The second-order valence-electron chi connectivity index (χ2n) is 6.09. The highest BCUT2D eigenvalue weighted by atomic mass is 16.4. The SMILES string of the molecule is CN(C(=O)C1CC=CCC1C(=O)O)C1CCCCCC1. The first-order chi connectivity index (χ1) is 9.61. The lowest BCUT2D eigenvalue weighted by Gasteiger charge is -2.33. The molecule has 0 bridgehead atoms. The highest BCUT2D eigenvalue weighted by molar-refractivity contribution is 5.85. The Morgan fingerprint density at radius 1 is 1.00 bits per heavy atom. The minimum Gasteiger partial charge on any atom is -0.481 e. The number of aliphatic carboxylic acids is 1. The Labute approximate surface area is 120 Å². The number of hydrogen-bond acceptors (Lipinski definition) is 2. The molecule has 2 aliphatic rings. The molecule has 0 aromatic heterocycles. The van der Waals surface area contributed by atoms with Gasteiger partial charge in [0.25, 0.3) is 0 Å². The van der Waals surface area contributed by atoms with Crippen LogP contribution in [0, 0.1) is 11.8 Å². The summed E-state index contributed by atoms with van der Waals surface area (Å²) in [5.74, 6) is -1.76. The Kier molecular flexibility index (Phi) is 5.21. The van der Waals surface area contributed by atoms with Gasteiger partial charge in [0, 0.05) is 13.1 Å². The molecule has 112 valence electrons. The van der Waals surface area contributed by atoms with Crippen molar-refractivity contribution in [2.45, 2.75) is 57.4 Å². The lowest BCUT2D eigenvalue weighted by Crippen LogP contribution is -2.44. The van der Waals surface area contributed by atoms with Crippen molar-refractivity contribution in [3.63, 3.8) is 0 Å². The minimum atomic E-state index is -0.845. The topological polar surface area (TPSA) is 57.6 Å². The molecular formula is C16H25NO3. The smallest absolute Gasteiger partial charge is 0.307 e. The number of carbonyl (C=O) groups is 2. The maximum absolute atomic E-state index is 12.7. The average molecular weight is 279 g/mol. The van der Waals surface area contributed by atoms with Gasteiger partial charge in [-0.3, -0.25) is 9.59 Å². The van der Waals surface area contributed by atoms with E-state index in [1.807, 2.05) is 24.1 Å². The Balaban J connectivity index is 2.04. The molecule has 0 saturated heterocycles. The molecule has 2 aliphatic carbocycles. The first-order valence-electron chi connectivity index (χ1n) is 7.75. The fourth-order valence-electron chi connectivity index (χ4n) is 3.45. The van der Waals surface area contributed by atoms with Crippen LogP contribution < -0.4 is 0 Å². The van der Waals surface area contributed by atoms with E-state index in [-0.39, 0.29) is 11.8 Å². The Bertz CT molecular complexity index is 383. The van der Waals surface area contributed by atoms with Gasteiger partial charge in [-0.2, -0.15) is 0 Å². The van der Waals surface area contributed by atoms with Crippen LogP contribution in [0.15, 0.2) is 12.2 Å². The molecule has 1 saturated carbocycles. The van der Waals surface area contributed by atoms with Crippen molar-refractivity contribution in [2.75, 3.05) is 7.05 Å². The van der Waals surface area contributed by atoms with Crippen LogP contribution in [-0.2, 0) is 9.59 Å². The molecule has 0 heterocycles. The van der Waals surface area contributed by atoms with Crippen molar-refractivity contribution in [3.8, 4) is 0 Å². The third-order valence-corrected chi connectivity index (χ3v) is 4.79. The number of carboxylic acid groups (broad SMARTS) is 1. The van der Waals surface area contributed by atoms with Gasteiger partial charge in [0.2, 0.25) is 5.91 Å². The molecule has 1 N–H and O–H groups in total. The summed E-state index contributed by atoms with van der Waals surface area (Å²) in [6, 6.07) is 0.297. The standard InChI is InChI=1S/C16H25NO3/c1-17(12-8-4-2-3-5-9-12)15(18)13-10-6-7-11-14(13)16(19)20/h6-7,12-14H,2-5,8-11H2,1H3,(H,19,20). The van der Waals surface area contributed by atoms with E-state index in [0.717, 1.165) is 12.8 Å². The Hall–Kier alpha value is -1.32. The van der Waals surface area contributed by atoms with Crippen molar-refractivity contribution < 1.29 is 14.7 Å². The monoisotopic (exact) mass is 279 g/mol. The number of carboxylic acids is 1. The largest absolute Gasteiger partial charge is 0.481 e. The van der Waals surface area contributed by atoms with Gasteiger partial charge in [-0.15, -0.1) is 0 Å². The van der Waals surface area contributed by atoms with Gasteiger partial charge in [-0.1, -0.05) is 37.8 Å². The van der Waals surface area contributed by atoms with E-state index in [0.29, 0.717) is 18.9 Å². The molecular weight excluding hydrogens is 254 g/mol. The van der Waals surface area contributed by atoms with Gasteiger partial charge >= 0.3 is 5.97 Å². The second-order valence-corrected chi connectivity index (χ2v) is 6.09. The van der Waals surface area contributed by atoms with Crippen LogP contribution in [0.5, 0.6) is 0 Å². The zero-order chi connectivity index (χ0) is 14.5. The first-order valence-corrected chi connectivity index (χ1v) is 7.75. The molecule has 4 heteroatoms. The Morgan fingerprint density at radius 3 is 2.10 bits per heavy atom. The van der Waals surface area contributed by atoms with Crippen molar-refractivity contribution in [1.82, 2.24) is 4.90 Å². The lowest BCUT2D eigenvalue weighted by molar-refractivity contribution is -0.151. The molecule has 0 radical (unpaired) electrons. The third-order valence-electron chi connectivity index (χ3n) is 4.79. The Morgan fingerprint density at radius 2 is 1.55 bits per heavy atom. The van der Waals surface area contributed by atoms with Gasteiger partial charge in [0.1, 0.15) is 0 Å². The van der Waals surface area contributed by atoms with Crippen molar-refractivity contribution in [2.24, 2.45) is 11.8 Å². The van der Waals surface area contributed by atoms with Crippen molar-refractivity contribution in [1.29, 1.82) is 0 Å². The molecule has 4 nitrogen and oxygen atoms in total. The summed E-state index contributed by atoms with van der Waals surface area (Å²) >= 11 is 0. The van der Waals surface area contributed by atoms with Crippen LogP contribution in [0.4, 0.5) is 0 Å². The predicted molar refractivity (Wildman–Crippen MR) is 77.2 cm³/mol.